The Morgan fingerprint density at radius 3 is 2.71 bits per heavy atom. The fourth-order valence-corrected chi connectivity index (χ4v) is 3.83. The van der Waals surface area contributed by atoms with Crippen molar-refractivity contribution in [3.63, 3.8) is 0 Å². The molecule has 3 aromatic rings. The number of carbonyl (C=O) groups excluding carboxylic acids is 1. The van der Waals surface area contributed by atoms with E-state index >= 15 is 0 Å². The molecule has 0 bridgehead atoms. The molecule has 0 amide bonds. The van der Waals surface area contributed by atoms with E-state index in [0.29, 0.717) is 10.6 Å². The van der Waals surface area contributed by atoms with Gasteiger partial charge in [0.2, 0.25) is 0 Å². The zero-order valence-corrected chi connectivity index (χ0v) is 18.6. The number of anilines is 3. The Balaban J connectivity index is 1.61. The van der Waals surface area contributed by atoms with Crippen LogP contribution in [0.2, 0.25) is 5.02 Å². The largest absolute Gasteiger partial charge is 0.465 e. The van der Waals surface area contributed by atoms with Gasteiger partial charge in [0.05, 0.1) is 12.7 Å². The number of hydrogen-bond acceptors (Lipinski definition) is 6. The van der Waals surface area contributed by atoms with Gasteiger partial charge in [-0.05, 0) is 47.9 Å². The maximum absolute atomic E-state index is 11.8. The van der Waals surface area contributed by atoms with E-state index in [2.05, 4.69) is 24.1 Å². The number of ether oxygens (including phenoxy) is 1. The van der Waals surface area contributed by atoms with Crippen molar-refractivity contribution in [3.8, 4) is 0 Å². The highest BCUT2D eigenvalue weighted by atomic mass is 35.5. The molecule has 7 heteroatoms. The molecule has 1 N–H and O–H groups in total. The third kappa shape index (κ3) is 4.80. The first-order chi connectivity index (χ1) is 14.9. The van der Waals surface area contributed by atoms with Gasteiger partial charge < -0.3 is 15.0 Å². The molecule has 2 aromatic carbocycles. The molecule has 0 saturated heterocycles. The smallest absolute Gasteiger partial charge is 0.337 e. The van der Waals surface area contributed by atoms with Crippen molar-refractivity contribution in [2.75, 3.05) is 23.9 Å². The van der Waals surface area contributed by atoms with Crippen LogP contribution in [-0.4, -0.2) is 29.6 Å². The highest BCUT2D eigenvalue weighted by Gasteiger charge is 2.21. The average Bonchev–Trinajstić information content (AvgIpc) is 2.77. The second kappa shape index (κ2) is 8.94. The van der Waals surface area contributed by atoms with Crippen molar-refractivity contribution < 1.29 is 9.53 Å². The number of halogens is 1. The minimum atomic E-state index is -0.306. The molecule has 1 aromatic heterocycles. The van der Waals surface area contributed by atoms with E-state index in [1.54, 1.807) is 0 Å². The van der Waals surface area contributed by atoms with Gasteiger partial charge in [-0.25, -0.2) is 14.8 Å². The van der Waals surface area contributed by atoms with Gasteiger partial charge in [0.25, 0.3) is 0 Å². The van der Waals surface area contributed by atoms with Gasteiger partial charge in [-0.3, -0.25) is 0 Å². The fourth-order valence-electron chi connectivity index (χ4n) is 3.64. The van der Waals surface area contributed by atoms with Gasteiger partial charge in [-0.1, -0.05) is 37.6 Å². The summed E-state index contributed by atoms with van der Waals surface area (Å²) in [5.41, 5.74) is 3.83. The summed E-state index contributed by atoms with van der Waals surface area (Å²) in [5.74, 6) is 2.29. The zero-order chi connectivity index (χ0) is 22.0. The first-order valence-corrected chi connectivity index (χ1v) is 10.7. The van der Waals surface area contributed by atoms with Crippen LogP contribution in [-0.2, 0) is 17.7 Å². The molecular formula is C24H25ClN4O2. The van der Waals surface area contributed by atoms with Gasteiger partial charge in [-0.2, -0.15) is 0 Å². The molecule has 0 atom stereocenters. The van der Waals surface area contributed by atoms with Crippen molar-refractivity contribution >= 4 is 34.9 Å². The Hall–Kier alpha value is -3.12. The van der Waals surface area contributed by atoms with Gasteiger partial charge in [0.1, 0.15) is 17.5 Å². The van der Waals surface area contributed by atoms with E-state index in [0.717, 1.165) is 42.7 Å². The lowest BCUT2D eigenvalue weighted by molar-refractivity contribution is 0.0600. The molecule has 160 valence electrons. The minimum Gasteiger partial charge on any atom is -0.465 e. The molecule has 1 aliphatic heterocycles. The third-order valence-corrected chi connectivity index (χ3v) is 5.54. The second-order valence-corrected chi connectivity index (χ2v) is 8.34. The molecule has 1 aliphatic rings. The summed E-state index contributed by atoms with van der Waals surface area (Å²) in [5, 5.41) is 4.02. The molecule has 0 radical (unpaired) electrons. The lowest BCUT2D eigenvalue weighted by Crippen LogP contribution is -2.31. The van der Waals surface area contributed by atoms with E-state index in [-0.39, 0.29) is 11.9 Å². The minimum absolute atomic E-state index is 0.194. The lowest BCUT2D eigenvalue weighted by Gasteiger charge is -2.30. The predicted octanol–water partition coefficient (Wildman–Crippen LogP) is 5.35. The molecule has 0 unspecified atom stereocenters. The van der Waals surface area contributed by atoms with Crippen LogP contribution in [0.3, 0.4) is 0 Å². The van der Waals surface area contributed by atoms with Crippen molar-refractivity contribution in [2.45, 2.75) is 32.7 Å². The van der Waals surface area contributed by atoms with Crippen molar-refractivity contribution in [3.05, 3.63) is 76.1 Å². The zero-order valence-electron chi connectivity index (χ0n) is 17.9. The average molecular weight is 437 g/mol. The number of rotatable bonds is 5. The van der Waals surface area contributed by atoms with Gasteiger partial charge in [0.15, 0.2) is 0 Å². The number of hydrogen-bond donors (Lipinski definition) is 1. The van der Waals surface area contributed by atoms with Gasteiger partial charge >= 0.3 is 5.97 Å². The van der Waals surface area contributed by atoms with Crippen LogP contribution in [0, 0.1) is 0 Å². The summed E-state index contributed by atoms with van der Waals surface area (Å²) in [6.45, 7) is 5.70. The Morgan fingerprint density at radius 1 is 1.13 bits per heavy atom. The Labute approximate surface area is 187 Å². The van der Waals surface area contributed by atoms with Crippen LogP contribution in [0.15, 0.2) is 48.5 Å². The van der Waals surface area contributed by atoms with E-state index in [4.69, 9.17) is 26.3 Å². The van der Waals surface area contributed by atoms with E-state index in [9.17, 15) is 4.79 Å². The molecule has 31 heavy (non-hydrogen) atoms. The van der Waals surface area contributed by atoms with E-state index in [1.165, 1.54) is 18.2 Å². The first kappa shape index (κ1) is 21.1. The number of carbonyl (C=O) groups is 1. The highest BCUT2D eigenvalue weighted by molar-refractivity contribution is 6.30. The predicted molar refractivity (Wildman–Crippen MR) is 123 cm³/mol. The van der Waals surface area contributed by atoms with E-state index in [1.807, 2.05) is 48.5 Å². The van der Waals surface area contributed by atoms with E-state index < -0.39 is 0 Å². The van der Waals surface area contributed by atoms with Crippen molar-refractivity contribution in [1.82, 2.24) is 9.97 Å². The topological polar surface area (TPSA) is 67.3 Å². The molecule has 0 spiro atoms. The third-order valence-electron chi connectivity index (χ3n) is 5.31. The Morgan fingerprint density at radius 2 is 1.97 bits per heavy atom. The quantitative estimate of drug-likeness (QED) is 0.544. The second-order valence-electron chi connectivity index (χ2n) is 7.91. The highest BCUT2D eigenvalue weighted by Crippen LogP contribution is 2.28. The summed E-state index contributed by atoms with van der Waals surface area (Å²) in [4.78, 5) is 23.6. The molecule has 6 nitrogen and oxygen atoms in total. The van der Waals surface area contributed by atoms with Crippen LogP contribution in [0.1, 0.15) is 47.1 Å². The summed E-state index contributed by atoms with van der Waals surface area (Å²) < 4.78 is 4.84. The summed E-state index contributed by atoms with van der Waals surface area (Å²) >= 11 is 6.12. The lowest BCUT2D eigenvalue weighted by atomic mass is 9.97. The molecule has 0 saturated carbocycles. The fraction of sp³-hybridized carbons (Fsp3) is 0.292. The number of methoxy groups -OCH3 is 1. The van der Waals surface area contributed by atoms with Crippen molar-refractivity contribution in [2.24, 2.45) is 0 Å². The van der Waals surface area contributed by atoms with Crippen LogP contribution in [0.4, 0.5) is 17.3 Å². The van der Waals surface area contributed by atoms with Crippen LogP contribution < -0.4 is 10.2 Å². The number of benzene rings is 2. The first-order valence-electron chi connectivity index (χ1n) is 10.3. The normalized spacial score (nSPS) is 13.1. The maximum atomic E-state index is 11.8. The number of fused-ring (bicyclic) bond motifs is 1. The molecule has 4 rings (SSSR count). The number of esters is 1. The van der Waals surface area contributed by atoms with Crippen molar-refractivity contribution in [1.29, 1.82) is 0 Å². The van der Waals surface area contributed by atoms with Gasteiger partial charge in [-0.15, -0.1) is 0 Å². The van der Waals surface area contributed by atoms with Gasteiger partial charge in [0, 0.05) is 35.8 Å². The number of aromatic nitrogens is 2. The maximum Gasteiger partial charge on any atom is 0.337 e. The van der Waals surface area contributed by atoms with Crippen LogP contribution in [0.25, 0.3) is 0 Å². The van der Waals surface area contributed by atoms with Crippen LogP contribution >= 0.6 is 11.6 Å². The number of nitrogens with one attached hydrogen (secondary N) is 1. The summed E-state index contributed by atoms with van der Waals surface area (Å²) in [7, 11) is 1.40. The summed E-state index contributed by atoms with van der Waals surface area (Å²) in [6.07, 6.45) is 0.832. The Kier molecular flexibility index (Phi) is 6.09. The number of nitrogens with zero attached hydrogens (tertiary/aromatic N) is 3. The Bertz CT molecular complexity index is 1120. The molecule has 0 fully saturated rings. The molecule has 0 aliphatic carbocycles. The van der Waals surface area contributed by atoms with Crippen LogP contribution in [0.5, 0.6) is 0 Å². The summed E-state index contributed by atoms with van der Waals surface area (Å²) in [6, 6.07) is 15.3. The molecule has 2 heterocycles. The standard InChI is InChI=1S/C24H25ClN4O2/c1-15(2)23-27-21(26-20-6-4-5-19(25)12-20)13-22(28-23)29-10-9-16-11-17(24(30)31-3)7-8-18(16)14-29/h4-8,11-13,15H,9-10,14H2,1-3H3,(H,26,27,28). The molecular weight excluding hydrogens is 412 g/mol. The SMILES string of the molecule is COC(=O)c1ccc2c(c1)CCN(c1cc(Nc3cccc(Cl)c3)nc(C(C)C)n1)C2. The monoisotopic (exact) mass is 436 g/mol.